The van der Waals surface area contributed by atoms with Crippen molar-refractivity contribution in [2.24, 2.45) is 0 Å². The number of pyridine rings is 1. The molecule has 0 aliphatic carbocycles. The minimum absolute atomic E-state index is 0.0643. The summed E-state index contributed by atoms with van der Waals surface area (Å²) in [6.07, 6.45) is 4.38. The van der Waals surface area contributed by atoms with E-state index in [4.69, 9.17) is 4.74 Å². The molecule has 100 valence electrons. The van der Waals surface area contributed by atoms with Gasteiger partial charge in [-0.2, -0.15) is 0 Å². The molecule has 1 atom stereocenters. The zero-order valence-electron chi connectivity index (χ0n) is 10.9. The number of nitrogens with one attached hydrogen (secondary N) is 1. The second-order valence-corrected chi connectivity index (χ2v) is 4.74. The molecule has 5 heteroatoms. The third-order valence-electron chi connectivity index (χ3n) is 3.64. The van der Waals surface area contributed by atoms with Crippen LogP contribution in [-0.4, -0.2) is 46.6 Å². The normalized spacial score (nSPS) is 19.8. The Bertz CT molecular complexity index is 593. The molecule has 0 bridgehead atoms. The van der Waals surface area contributed by atoms with Crippen molar-refractivity contribution >= 4 is 16.9 Å². The standard InChI is InChI=1S/C14H17N3O2/c1-2-10-9-19-7-6-17(10)14(18)12-8-16-13-11(12)4-3-5-15-13/h3-5,8,10H,2,6-7,9H2,1H3,(H,15,16). The van der Waals surface area contributed by atoms with Gasteiger partial charge in [0.05, 0.1) is 24.8 Å². The van der Waals surface area contributed by atoms with Gasteiger partial charge in [-0.1, -0.05) is 6.92 Å². The maximum Gasteiger partial charge on any atom is 0.256 e. The molecule has 2 aromatic heterocycles. The predicted octanol–water partition coefficient (Wildman–Crippen LogP) is 1.81. The van der Waals surface area contributed by atoms with Gasteiger partial charge >= 0.3 is 0 Å². The van der Waals surface area contributed by atoms with Gasteiger partial charge in [-0.15, -0.1) is 0 Å². The quantitative estimate of drug-likeness (QED) is 0.895. The smallest absolute Gasteiger partial charge is 0.256 e. The molecule has 1 unspecified atom stereocenters. The SMILES string of the molecule is CCC1COCCN1C(=O)c1c[nH]c2ncccc12. The lowest BCUT2D eigenvalue weighted by Gasteiger charge is -2.35. The zero-order chi connectivity index (χ0) is 13.2. The number of nitrogens with zero attached hydrogens (tertiary/aromatic N) is 2. The van der Waals surface area contributed by atoms with Gasteiger partial charge in [-0.3, -0.25) is 4.79 Å². The number of aromatic nitrogens is 2. The summed E-state index contributed by atoms with van der Waals surface area (Å²) in [5.41, 5.74) is 1.45. The highest BCUT2D eigenvalue weighted by Crippen LogP contribution is 2.20. The summed E-state index contributed by atoms with van der Waals surface area (Å²) in [6.45, 7) is 3.98. The Labute approximate surface area is 111 Å². The molecular weight excluding hydrogens is 242 g/mol. The van der Waals surface area contributed by atoms with E-state index in [0.717, 1.165) is 17.5 Å². The molecule has 1 amide bonds. The fourth-order valence-electron chi connectivity index (χ4n) is 2.55. The molecular formula is C14H17N3O2. The number of H-pyrrole nitrogens is 1. The van der Waals surface area contributed by atoms with Crippen molar-refractivity contribution in [3.05, 3.63) is 30.1 Å². The molecule has 3 heterocycles. The van der Waals surface area contributed by atoms with Gasteiger partial charge in [0.1, 0.15) is 5.65 Å². The first kappa shape index (κ1) is 12.2. The van der Waals surface area contributed by atoms with Crippen molar-refractivity contribution in [1.82, 2.24) is 14.9 Å². The highest BCUT2D eigenvalue weighted by molar-refractivity contribution is 6.06. The number of amides is 1. The molecule has 3 rings (SSSR count). The molecule has 1 fully saturated rings. The van der Waals surface area contributed by atoms with Crippen molar-refractivity contribution in [2.75, 3.05) is 19.8 Å². The third-order valence-corrected chi connectivity index (χ3v) is 3.64. The number of carbonyl (C=O) groups excluding carboxylic acids is 1. The van der Waals surface area contributed by atoms with Crippen LogP contribution in [0.15, 0.2) is 24.5 Å². The second-order valence-electron chi connectivity index (χ2n) is 4.74. The second kappa shape index (κ2) is 5.01. The van der Waals surface area contributed by atoms with E-state index in [1.54, 1.807) is 12.4 Å². The summed E-state index contributed by atoms with van der Waals surface area (Å²) in [6, 6.07) is 3.94. The summed E-state index contributed by atoms with van der Waals surface area (Å²) in [4.78, 5) is 21.9. The Hall–Kier alpha value is -1.88. The average Bonchev–Trinajstić information content (AvgIpc) is 2.90. The van der Waals surface area contributed by atoms with Crippen LogP contribution in [0.25, 0.3) is 11.0 Å². The number of morpholine rings is 1. The first-order chi connectivity index (χ1) is 9.31. The Morgan fingerprint density at radius 3 is 3.37 bits per heavy atom. The van der Waals surface area contributed by atoms with E-state index in [-0.39, 0.29) is 11.9 Å². The van der Waals surface area contributed by atoms with E-state index in [9.17, 15) is 4.79 Å². The lowest BCUT2D eigenvalue weighted by atomic mass is 10.1. The van der Waals surface area contributed by atoms with E-state index in [2.05, 4.69) is 16.9 Å². The Kier molecular flexibility index (Phi) is 3.21. The van der Waals surface area contributed by atoms with Crippen LogP contribution in [0.4, 0.5) is 0 Å². The number of carbonyl (C=O) groups is 1. The van der Waals surface area contributed by atoms with Crippen LogP contribution in [0.3, 0.4) is 0 Å². The van der Waals surface area contributed by atoms with Crippen molar-refractivity contribution in [3.8, 4) is 0 Å². The molecule has 0 spiro atoms. The molecule has 1 N–H and O–H groups in total. The van der Waals surface area contributed by atoms with Gasteiger partial charge < -0.3 is 14.6 Å². The van der Waals surface area contributed by atoms with Crippen LogP contribution >= 0.6 is 0 Å². The Morgan fingerprint density at radius 1 is 1.63 bits per heavy atom. The van der Waals surface area contributed by atoms with Gasteiger partial charge in [0, 0.05) is 24.3 Å². The molecule has 0 saturated carbocycles. The fraction of sp³-hybridized carbons (Fsp3) is 0.429. The van der Waals surface area contributed by atoms with E-state index < -0.39 is 0 Å². The van der Waals surface area contributed by atoms with Crippen LogP contribution in [0.2, 0.25) is 0 Å². The first-order valence-corrected chi connectivity index (χ1v) is 6.62. The zero-order valence-corrected chi connectivity index (χ0v) is 10.9. The van der Waals surface area contributed by atoms with Crippen molar-refractivity contribution in [1.29, 1.82) is 0 Å². The lowest BCUT2D eigenvalue weighted by molar-refractivity contribution is -0.00269. The molecule has 2 aromatic rings. The molecule has 5 nitrogen and oxygen atoms in total. The maximum atomic E-state index is 12.7. The van der Waals surface area contributed by atoms with Crippen molar-refractivity contribution in [2.45, 2.75) is 19.4 Å². The van der Waals surface area contributed by atoms with Crippen LogP contribution in [0, 0.1) is 0 Å². The highest BCUT2D eigenvalue weighted by atomic mass is 16.5. The van der Waals surface area contributed by atoms with Gasteiger partial charge in [0.15, 0.2) is 0 Å². The molecule has 1 saturated heterocycles. The van der Waals surface area contributed by atoms with Gasteiger partial charge in [-0.05, 0) is 18.6 Å². The maximum absolute atomic E-state index is 12.7. The number of aromatic amines is 1. The van der Waals surface area contributed by atoms with E-state index >= 15 is 0 Å². The van der Waals surface area contributed by atoms with Gasteiger partial charge in [-0.25, -0.2) is 4.98 Å². The summed E-state index contributed by atoms with van der Waals surface area (Å²) < 4.78 is 5.44. The highest BCUT2D eigenvalue weighted by Gasteiger charge is 2.28. The lowest BCUT2D eigenvalue weighted by Crippen LogP contribution is -2.48. The van der Waals surface area contributed by atoms with E-state index in [1.165, 1.54) is 0 Å². The number of hydrogen-bond donors (Lipinski definition) is 1. The van der Waals surface area contributed by atoms with Gasteiger partial charge in [0.25, 0.3) is 5.91 Å². The van der Waals surface area contributed by atoms with Gasteiger partial charge in [0.2, 0.25) is 0 Å². The van der Waals surface area contributed by atoms with Crippen molar-refractivity contribution < 1.29 is 9.53 Å². The fourth-order valence-corrected chi connectivity index (χ4v) is 2.55. The first-order valence-electron chi connectivity index (χ1n) is 6.62. The molecule has 0 radical (unpaired) electrons. The average molecular weight is 259 g/mol. The largest absolute Gasteiger partial charge is 0.377 e. The number of ether oxygens (including phenoxy) is 1. The third kappa shape index (κ3) is 2.10. The molecule has 1 aliphatic rings. The van der Waals surface area contributed by atoms with Crippen LogP contribution in [0.5, 0.6) is 0 Å². The number of fused-ring (bicyclic) bond motifs is 1. The Morgan fingerprint density at radius 2 is 2.53 bits per heavy atom. The minimum Gasteiger partial charge on any atom is -0.377 e. The summed E-state index contributed by atoms with van der Waals surface area (Å²) in [5, 5.41) is 0.883. The summed E-state index contributed by atoms with van der Waals surface area (Å²) >= 11 is 0. The molecule has 1 aliphatic heterocycles. The van der Waals surface area contributed by atoms with Crippen LogP contribution < -0.4 is 0 Å². The molecule has 0 aromatic carbocycles. The van der Waals surface area contributed by atoms with E-state index in [0.29, 0.717) is 25.3 Å². The van der Waals surface area contributed by atoms with Crippen LogP contribution in [0.1, 0.15) is 23.7 Å². The topological polar surface area (TPSA) is 58.2 Å². The van der Waals surface area contributed by atoms with Crippen molar-refractivity contribution in [3.63, 3.8) is 0 Å². The summed E-state index contributed by atoms with van der Waals surface area (Å²) in [7, 11) is 0. The molecule has 19 heavy (non-hydrogen) atoms. The monoisotopic (exact) mass is 259 g/mol. The number of hydrogen-bond acceptors (Lipinski definition) is 3. The number of rotatable bonds is 2. The Balaban J connectivity index is 1.94. The summed E-state index contributed by atoms with van der Waals surface area (Å²) in [5.74, 6) is 0.0643. The van der Waals surface area contributed by atoms with Crippen LogP contribution in [-0.2, 0) is 4.74 Å². The predicted molar refractivity (Wildman–Crippen MR) is 72.0 cm³/mol. The minimum atomic E-state index is 0.0643. The van der Waals surface area contributed by atoms with E-state index in [1.807, 2.05) is 17.0 Å².